The molecule has 0 saturated carbocycles. The monoisotopic (exact) mass is 178 g/mol. The summed E-state index contributed by atoms with van der Waals surface area (Å²) in [5, 5.41) is 0. The van der Waals surface area contributed by atoms with E-state index in [1.54, 1.807) is 0 Å². The van der Waals surface area contributed by atoms with Crippen LogP contribution in [-0.2, 0) is 11.3 Å². The maximum Gasteiger partial charge on any atom is 0.233 e. The Balaban J connectivity index is 2.24. The number of carbonyl (C=O) groups excluding carboxylic acids is 1. The molecular formula is C10H14N2O. The highest BCUT2D eigenvalue weighted by molar-refractivity contribution is 5.74. The van der Waals surface area contributed by atoms with E-state index in [1.165, 1.54) is 0 Å². The number of hydrogen-bond donors (Lipinski definition) is 2. The Morgan fingerprint density at radius 1 is 1.31 bits per heavy atom. The molecule has 0 aliphatic heterocycles. The zero-order valence-corrected chi connectivity index (χ0v) is 7.71. The summed E-state index contributed by atoms with van der Waals surface area (Å²) >= 11 is 0. The van der Waals surface area contributed by atoms with Gasteiger partial charge in [-0.25, -0.2) is 5.43 Å². The molecule has 0 fully saturated rings. The van der Waals surface area contributed by atoms with E-state index in [4.69, 9.17) is 0 Å². The predicted octanol–water partition coefficient (Wildman–Crippen LogP) is 1.22. The fraction of sp³-hybridized carbons (Fsp3) is 0.300. The zero-order valence-electron chi connectivity index (χ0n) is 7.71. The number of hydrogen-bond acceptors (Lipinski definition) is 2. The van der Waals surface area contributed by atoms with Crippen molar-refractivity contribution in [2.45, 2.75) is 19.9 Å². The minimum Gasteiger partial charge on any atom is -0.291 e. The number of amides is 1. The molecule has 0 aliphatic carbocycles. The summed E-state index contributed by atoms with van der Waals surface area (Å²) < 4.78 is 0. The van der Waals surface area contributed by atoms with Gasteiger partial charge in [0.25, 0.3) is 0 Å². The number of hydrazine groups is 1. The van der Waals surface area contributed by atoms with Crippen molar-refractivity contribution >= 4 is 5.91 Å². The van der Waals surface area contributed by atoms with Crippen molar-refractivity contribution in [1.29, 1.82) is 0 Å². The SMILES string of the molecule is CCC(=O)NNCc1ccccc1. The molecule has 1 amide bonds. The average Bonchev–Trinajstić information content (AvgIpc) is 2.19. The standard InChI is InChI=1S/C10H14N2O/c1-2-10(13)12-11-8-9-6-4-3-5-7-9/h3-7,11H,2,8H2,1H3,(H,12,13). The fourth-order valence-corrected chi connectivity index (χ4v) is 0.929. The quantitative estimate of drug-likeness (QED) is 0.680. The Morgan fingerprint density at radius 3 is 2.62 bits per heavy atom. The van der Waals surface area contributed by atoms with Gasteiger partial charge in [-0.15, -0.1) is 0 Å². The molecule has 0 atom stereocenters. The molecule has 3 nitrogen and oxygen atoms in total. The molecule has 0 aromatic heterocycles. The number of rotatable bonds is 4. The fourth-order valence-electron chi connectivity index (χ4n) is 0.929. The zero-order chi connectivity index (χ0) is 9.52. The summed E-state index contributed by atoms with van der Waals surface area (Å²) in [5.41, 5.74) is 6.60. The predicted molar refractivity (Wildman–Crippen MR) is 51.7 cm³/mol. The smallest absolute Gasteiger partial charge is 0.233 e. The van der Waals surface area contributed by atoms with Crippen molar-refractivity contribution in [3.63, 3.8) is 0 Å². The molecule has 0 heterocycles. The minimum atomic E-state index is 0.0101. The number of benzene rings is 1. The molecule has 0 aliphatic rings. The first kappa shape index (κ1) is 9.74. The molecule has 3 heteroatoms. The highest BCUT2D eigenvalue weighted by atomic mass is 16.2. The molecule has 1 aromatic rings. The third kappa shape index (κ3) is 3.71. The van der Waals surface area contributed by atoms with E-state index in [0.717, 1.165) is 5.56 Å². The maximum absolute atomic E-state index is 10.8. The van der Waals surface area contributed by atoms with Crippen molar-refractivity contribution in [3.05, 3.63) is 35.9 Å². The lowest BCUT2D eigenvalue weighted by Crippen LogP contribution is -2.36. The van der Waals surface area contributed by atoms with Gasteiger partial charge in [-0.1, -0.05) is 37.3 Å². The van der Waals surface area contributed by atoms with Gasteiger partial charge in [-0.2, -0.15) is 0 Å². The summed E-state index contributed by atoms with van der Waals surface area (Å²) in [4.78, 5) is 10.8. The summed E-state index contributed by atoms with van der Waals surface area (Å²) in [6.45, 7) is 2.48. The van der Waals surface area contributed by atoms with Crippen LogP contribution < -0.4 is 10.9 Å². The molecular weight excluding hydrogens is 164 g/mol. The number of carbonyl (C=O) groups is 1. The van der Waals surface area contributed by atoms with Crippen molar-refractivity contribution in [2.75, 3.05) is 0 Å². The lowest BCUT2D eigenvalue weighted by Gasteiger charge is -2.05. The van der Waals surface area contributed by atoms with Gasteiger partial charge in [0.1, 0.15) is 0 Å². The van der Waals surface area contributed by atoms with Crippen LogP contribution in [-0.4, -0.2) is 5.91 Å². The third-order valence-corrected chi connectivity index (χ3v) is 1.68. The van der Waals surface area contributed by atoms with Gasteiger partial charge < -0.3 is 0 Å². The summed E-state index contributed by atoms with van der Waals surface area (Å²) in [5.74, 6) is 0.0101. The van der Waals surface area contributed by atoms with Crippen molar-refractivity contribution in [2.24, 2.45) is 0 Å². The van der Waals surface area contributed by atoms with Crippen LogP contribution in [0.4, 0.5) is 0 Å². The topological polar surface area (TPSA) is 41.1 Å². The Labute approximate surface area is 78.1 Å². The Kier molecular flexibility index (Phi) is 3.99. The number of nitrogens with one attached hydrogen (secondary N) is 2. The first-order valence-electron chi connectivity index (χ1n) is 4.38. The molecule has 0 saturated heterocycles. The molecule has 70 valence electrons. The highest BCUT2D eigenvalue weighted by Gasteiger charge is 1.94. The molecule has 1 aromatic carbocycles. The lowest BCUT2D eigenvalue weighted by atomic mass is 10.2. The van der Waals surface area contributed by atoms with E-state index >= 15 is 0 Å². The molecule has 13 heavy (non-hydrogen) atoms. The maximum atomic E-state index is 10.8. The summed E-state index contributed by atoms with van der Waals surface area (Å²) in [7, 11) is 0. The van der Waals surface area contributed by atoms with Crippen LogP contribution in [0.5, 0.6) is 0 Å². The Bertz CT molecular complexity index is 259. The van der Waals surface area contributed by atoms with Crippen molar-refractivity contribution in [3.8, 4) is 0 Å². The molecule has 0 radical (unpaired) electrons. The van der Waals surface area contributed by atoms with E-state index < -0.39 is 0 Å². The third-order valence-electron chi connectivity index (χ3n) is 1.68. The van der Waals surface area contributed by atoms with Crippen LogP contribution in [0, 0.1) is 0 Å². The molecule has 0 unspecified atom stereocenters. The average molecular weight is 178 g/mol. The van der Waals surface area contributed by atoms with Gasteiger partial charge >= 0.3 is 0 Å². The van der Waals surface area contributed by atoms with E-state index in [-0.39, 0.29) is 5.91 Å². The van der Waals surface area contributed by atoms with Crippen molar-refractivity contribution in [1.82, 2.24) is 10.9 Å². The van der Waals surface area contributed by atoms with Gasteiger partial charge in [0.05, 0.1) is 0 Å². The van der Waals surface area contributed by atoms with Gasteiger partial charge in [0.2, 0.25) is 5.91 Å². The normalized spacial score (nSPS) is 9.62. The Hall–Kier alpha value is -1.35. The summed E-state index contributed by atoms with van der Waals surface area (Å²) in [6.07, 6.45) is 0.502. The molecule has 1 rings (SSSR count). The van der Waals surface area contributed by atoms with Crippen molar-refractivity contribution < 1.29 is 4.79 Å². The van der Waals surface area contributed by atoms with Crippen LogP contribution in [0.2, 0.25) is 0 Å². The van der Waals surface area contributed by atoms with Crippen LogP contribution in [0.3, 0.4) is 0 Å². The molecule has 2 N–H and O–H groups in total. The van der Waals surface area contributed by atoms with E-state index in [2.05, 4.69) is 10.9 Å². The second kappa shape index (κ2) is 5.32. The van der Waals surface area contributed by atoms with Gasteiger partial charge in [0.15, 0.2) is 0 Å². The second-order valence-electron chi connectivity index (χ2n) is 2.74. The first-order valence-corrected chi connectivity index (χ1v) is 4.38. The van der Waals surface area contributed by atoms with E-state index in [0.29, 0.717) is 13.0 Å². The molecule has 0 bridgehead atoms. The second-order valence-corrected chi connectivity index (χ2v) is 2.74. The van der Waals surface area contributed by atoms with E-state index in [9.17, 15) is 4.79 Å². The molecule has 0 spiro atoms. The van der Waals surface area contributed by atoms with Gasteiger partial charge in [0, 0.05) is 13.0 Å². The van der Waals surface area contributed by atoms with Gasteiger partial charge in [-0.05, 0) is 5.56 Å². The van der Waals surface area contributed by atoms with Crippen LogP contribution in [0.15, 0.2) is 30.3 Å². The largest absolute Gasteiger partial charge is 0.291 e. The lowest BCUT2D eigenvalue weighted by molar-refractivity contribution is -0.121. The van der Waals surface area contributed by atoms with E-state index in [1.807, 2.05) is 37.3 Å². The summed E-state index contributed by atoms with van der Waals surface area (Å²) in [6, 6.07) is 9.92. The first-order chi connectivity index (χ1) is 6.33. The van der Waals surface area contributed by atoms with Gasteiger partial charge in [-0.3, -0.25) is 10.2 Å². The minimum absolute atomic E-state index is 0.0101. The van der Waals surface area contributed by atoms with Crippen LogP contribution in [0.1, 0.15) is 18.9 Å². The Morgan fingerprint density at radius 2 is 2.00 bits per heavy atom. The highest BCUT2D eigenvalue weighted by Crippen LogP contribution is 1.95. The van der Waals surface area contributed by atoms with Crippen LogP contribution >= 0.6 is 0 Å². The van der Waals surface area contributed by atoms with Crippen LogP contribution in [0.25, 0.3) is 0 Å².